The number of nitrogen functional groups attached to an aromatic ring is 1. The maximum Gasteiger partial charge on any atom is 0.324 e. The highest BCUT2D eigenvalue weighted by Gasteiger charge is 2.22. The van der Waals surface area contributed by atoms with Crippen molar-refractivity contribution in [2.45, 2.75) is 19.9 Å². The summed E-state index contributed by atoms with van der Waals surface area (Å²) in [4.78, 5) is 26.7. The molecule has 0 aliphatic rings. The Morgan fingerprint density at radius 3 is 2.76 bits per heavy atom. The lowest BCUT2D eigenvalue weighted by Crippen LogP contribution is -2.23. The van der Waals surface area contributed by atoms with Gasteiger partial charge in [0.05, 0.1) is 11.5 Å². The lowest BCUT2D eigenvalue weighted by Gasteiger charge is -2.19. The van der Waals surface area contributed by atoms with Gasteiger partial charge in [-0.1, -0.05) is 19.6 Å². The molecule has 2 N–H and O–H groups in total. The highest BCUT2D eigenvalue weighted by molar-refractivity contribution is 9.10. The lowest BCUT2D eigenvalue weighted by atomic mass is 10.0. The van der Waals surface area contributed by atoms with E-state index in [0.717, 1.165) is 0 Å². The summed E-state index contributed by atoms with van der Waals surface area (Å²) in [5.74, 6) is -0.402. The van der Waals surface area contributed by atoms with E-state index in [9.17, 15) is 14.9 Å². The largest absolute Gasteiger partial charge is 0.393 e. The Balaban J connectivity index is 3.23. The van der Waals surface area contributed by atoms with Crippen molar-refractivity contribution in [2.24, 2.45) is 0 Å². The van der Waals surface area contributed by atoms with Crippen LogP contribution in [0.5, 0.6) is 0 Å². The van der Waals surface area contributed by atoms with Crippen molar-refractivity contribution >= 4 is 39.4 Å². The predicted molar refractivity (Wildman–Crippen MR) is 83.1 cm³/mol. The Kier molecular flexibility index (Phi) is 5.86. The minimum atomic E-state index is -0.561. The molecule has 1 aromatic rings. The summed E-state index contributed by atoms with van der Waals surface area (Å²) in [6, 6.07) is 1.33. The minimum absolute atomic E-state index is 0.0255. The Morgan fingerprint density at radius 2 is 2.29 bits per heavy atom. The van der Waals surface area contributed by atoms with E-state index >= 15 is 0 Å². The van der Waals surface area contributed by atoms with E-state index in [2.05, 4.69) is 22.5 Å². The lowest BCUT2D eigenvalue weighted by molar-refractivity contribution is -0.384. The molecule has 0 saturated carbocycles. The number of carbonyl (C=O) groups excluding carboxylic acids is 1. The number of nitro groups is 1. The van der Waals surface area contributed by atoms with Gasteiger partial charge < -0.3 is 10.6 Å². The van der Waals surface area contributed by atoms with Crippen molar-refractivity contribution in [1.82, 2.24) is 5.06 Å². The van der Waals surface area contributed by atoms with E-state index in [0.29, 0.717) is 15.6 Å². The molecule has 114 valence electrons. The Hall–Kier alpha value is -1.93. The van der Waals surface area contributed by atoms with E-state index in [4.69, 9.17) is 10.6 Å². The SMILES string of the molecule is C=Cc1c(Br)cc([N+](=O)[O-])c(N)c1CN(C)OC(=O)CC. The fraction of sp³-hybridized carbons (Fsp3) is 0.308. The second-order valence-electron chi connectivity index (χ2n) is 4.25. The van der Waals surface area contributed by atoms with Crippen molar-refractivity contribution in [3.8, 4) is 0 Å². The summed E-state index contributed by atoms with van der Waals surface area (Å²) in [6.45, 7) is 5.45. The van der Waals surface area contributed by atoms with Crippen LogP contribution in [0.3, 0.4) is 0 Å². The third-order valence-corrected chi connectivity index (χ3v) is 3.43. The minimum Gasteiger partial charge on any atom is -0.393 e. The summed E-state index contributed by atoms with van der Waals surface area (Å²) < 4.78 is 0.503. The summed E-state index contributed by atoms with van der Waals surface area (Å²) in [5.41, 5.74) is 6.77. The molecular formula is C13H16BrN3O4. The maximum absolute atomic E-state index is 11.3. The molecular weight excluding hydrogens is 342 g/mol. The second kappa shape index (κ2) is 7.19. The molecule has 0 saturated heterocycles. The van der Waals surface area contributed by atoms with Crippen LogP contribution >= 0.6 is 15.9 Å². The molecule has 0 aliphatic carbocycles. The Bertz CT molecular complexity index is 589. The number of nitro benzene ring substituents is 1. The normalized spacial score (nSPS) is 10.5. The van der Waals surface area contributed by atoms with Crippen molar-refractivity contribution < 1.29 is 14.6 Å². The first-order valence-electron chi connectivity index (χ1n) is 6.11. The zero-order chi connectivity index (χ0) is 16.2. The zero-order valence-electron chi connectivity index (χ0n) is 11.8. The molecule has 0 aromatic heterocycles. The van der Waals surface area contributed by atoms with Crippen LogP contribution in [0.2, 0.25) is 0 Å². The summed E-state index contributed by atoms with van der Waals surface area (Å²) >= 11 is 3.26. The van der Waals surface area contributed by atoms with Crippen LogP contribution < -0.4 is 5.73 Å². The zero-order valence-corrected chi connectivity index (χ0v) is 13.3. The first-order chi connectivity index (χ1) is 9.81. The number of rotatable bonds is 6. The van der Waals surface area contributed by atoms with Gasteiger partial charge in [-0.2, -0.15) is 0 Å². The number of anilines is 1. The van der Waals surface area contributed by atoms with Crippen LogP contribution in [-0.2, 0) is 16.2 Å². The van der Waals surface area contributed by atoms with E-state index < -0.39 is 10.9 Å². The topological polar surface area (TPSA) is 98.7 Å². The number of hydrogen-bond acceptors (Lipinski definition) is 6. The number of halogens is 1. The maximum atomic E-state index is 11.3. The van der Waals surface area contributed by atoms with E-state index in [1.807, 2.05) is 0 Å². The van der Waals surface area contributed by atoms with Gasteiger partial charge in [-0.3, -0.25) is 14.9 Å². The first kappa shape index (κ1) is 17.1. The molecule has 0 atom stereocenters. The van der Waals surface area contributed by atoms with Gasteiger partial charge in [0.15, 0.2) is 0 Å². The van der Waals surface area contributed by atoms with Gasteiger partial charge >= 0.3 is 5.97 Å². The summed E-state index contributed by atoms with van der Waals surface area (Å²) in [5, 5.41) is 12.3. The highest BCUT2D eigenvalue weighted by Crippen LogP contribution is 2.35. The molecule has 21 heavy (non-hydrogen) atoms. The molecule has 0 heterocycles. The number of nitrogens with zero attached hydrogens (tertiary/aromatic N) is 2. The van der Waals surface area contributed by atoms with E-state index in [-0.39, 0.29) is 24.3 Å². The smallest absolute Gasteiger partial charge is 0.324 e. The van der Waals surface area contributed by atoms with Gasteiger partial charge in [0.2, 0.25) is 0 Å². The van der Waals surface area contributed by atoms with Crippen molar-refractivity contribution in [1.29, 1.82) is 0 Å². The number of carbonyl (C=O) groups is 1. The van der Waals surface area contributed by atoms with Crippen LogP contribution in [0, 0.1) is 10.1 Å². The van der Waals surface area contributed by atoms with Crippen LogP contribution in [0.25, 0.3) is 6.08 Å². The average Bonchev–Trinajstić information content (AvgIpc) is 2.42. The number of benzene rings is 1. The van der Waals surface area contributed by atoms with Crippen LogP contribution in [0.15, 0.2) is 17.1 Å². The van der Waals surface area contributed by atoms with Crippen molar-refractivity contribution in [3.05, 3.63) is 38.4 Å². The molecule has 0 unspecified atom stereocenters. The first-order valence-corrected chi connectivity index (χ1v) is 6.90. The van der Waals surface area contributed by atoms with Crippen LogP contribution in [-0.4, -0.2) is 23.0 Å². The predicted octanol–water partition coefficient (Wildman–Crippen LogP) is 2.88. The van der Waals surface area contributed by atoms with Gasteiger partial charge in [-0.05, 0) is 21.5 Å². The van der Waals surface area contributed by atoms with Crippen LogP contribution in [0.4, 0.5) is 11.4 Å². The molecule has 8 heteroatoms. The summed E-state index contributed by atoms with van der Waals surface area (Å²) in [6.07, 6.45) is 1.77. The third-order valence-electron chi connectivity index (χ3n) is 2.77. The van der Waals surface area contributed by atoms with Crippen molar-refractivity contribution in [3.63, 3.8) is 0 Å². The summed E-state index contributed by atoms with van der Waals surface area (Å²) in [7, 11) is 1.55. The van der Waals surface area contributed by atoms with Gasteiger partial charge in [0.25, 0.3) is 5.69 Å². The number of hydroxylamine groups is 2. The molecule has 0 amide bonds. The molecule has 1 rings (SSSR count). The van der Waals surface area contributed by atoms with Crippen molar-refractivity contribution in [2.75, 3.05) is 12.8 Å². The Labute approximate surface area is 130 Å². The van der Waals surface area contributed by atoms with E-state index in [1.165, 1.54) is 17.2 Å². The molecule has 0 fully saturated rings. The molecule has 0 bridgehead atoms. The molecule has 0 radical (unpaired) electrons. The van der Waals surface area contributed by atoms with Gasteiger partial charge in [0, 0.05) is 29.6 Å². The number of hydrogen-bond donors (Lipinski definition) is 1. The standard InChI is InChI=1S/C13H16BrN3O4/c1-4-8-9(7-16(3)21-12(18)5-2)13(15)11(17(19)20)6-10(8)14/h4,6H,1,5,7,15H2,2-3H3. The van der Waals surface area contributed by atoms with E-state index in [1.54, 1.807) is 14.0 Å². The second-order valence-corrected chi connectivity index (χ2v) is 5.10. The Morgan fingerprint density at radius 1 is 1.67 bits per heavy atom. The number of nitrogens with two attached hydrogens (primary N) is 1. The third kappa shape index (κ3) is 4.02. The fourth-order valence-corrected chi connectivity index (χ4v) is 2.37. The molecule has 0 spiro atoms. The quantitative estimate of drug-likeness (QED) is 0.477. The van der Waals surface area contributed by atoms with Gasteiger partial charge in [0.1, 0.15) is 5.69 Å². The van der Waals surface area contributed by atoms with Gasteiger partial charge in [-0.25, -0.2) is 0 Å². The molecule has 0 aliphatic heterocycles. The van der Waals surface area contributed by atoms with Crippen LogP contribution in [0.1, 0.15) is 24.5 Å². The highest BCUT2D eigenvalue weighted by atomic mass is 79.9. The monoisotopic (exact) mass is 357 g/mol. The molecule has 1 aromatic carbocycles. The van der Waals surface area contributed by atoms with Gasteiger partial charge in [-0.15, -0.1) is 5.06 Å². The average molecular weight is 358 g/mol. The molecule has 7 nitrogen and oxygen atoms in total. The fourth-order valence-electron chi connectivity index (χ4n) is 1.75.